The summed E-state index contributed by atoms with van der Waals surface area (Å²) in [6.07, 6.45) is 8.71. The number of rotatable bonds is 4. The van der Waals surface area contributed by atoms with Crippen molar-refractivity contribution < 1.29 is 10.2 Å². The highest BCUT2D eigenvalue weighted by atomic mass is 16.3. The summed E-state index contributed by atoms with van der Waals surface area (Å²) in [7, 11) is 0. The highest BCUT2D eigenvalue weighted by Crippen LogP contribution is 2.35. The SMILES string of the molecule is C[C@H]1CCC[C@H](n2cnc3cc(-c4nc(N5CC[C@H](CO)[C@@H](O)C5)nc5nc[nH]c45)ccc32)C1. The van der Waals surface area contributed by atoms with Gasteiger partial charge in [0.1, 0.15) is 11.2 Å². The lowest BCUT2D eigenvalue weighted by molar-refractivity contribution is 0.0544. The second kappa shape index (κ2) is 8.63. The second-order valence-corrected chi connectivity index (χ2v) is 10.00. The third-order valence-corrected chi connectivity index (χ3v) is 7.66. The highest BCUT2D eigenvalue weighted by molar-refractivity contribution is 5.91. The largest absolute Gasteiger partial charge is 0.396 e. The number of hydrogen-bond donors (Lipinski definition) is 3. The number of piperidine rings is 1. The number of aliphatic hydroxyl groups excluding tert-OH is 2. The maximum atomic E-state index is 10.4. The molecule has 0 unspecified atom stereocenters. The molecule has 1 aliphatic carbocycles. The van der Waals surface area contributed by atoms with Crippen molar-refractivity contribution in [1.29, 1.82) is 0 Å². The van der Waals surface area contributed by atoms with Crippen LogP contribution >= 0.6 is 0 Å². The minimum atomic E-state index is -0.608. The zero-order valence-corrected chi connectivity index (χ0v) is 19.4. The van der Waals surface area contributed by atoms with Gasteiger partial charge >= 0.3 is 0 Å². The van der Waals surface area contributed by atoms with Gasteiger partial charge in [0.2, 0.25) is 5.95 Å². The Morgan fingerprint density at radius 3 is 2.88 bits per heavy atom. The minimum absolute atomic E-state index is 0.00799. The van der Waals surface area contributed by atoms with Crippen LogP contribution in [-0.2, 0) is 0 Å². The van der Waals surface area contributed by atoms with Gasteiger partial charge in [0.15, 0.2) is 5.65 Å². The number of benzene rings is 1. The van der Waals surface area contributed by atoms with Gasteiger partial charge < -0.3 is 24.7 Å². The monoisotopic (exact) mass is 461 g/mol. The van der Waals surface area contributed by atoms with Gasteiger partial charge in [-0.05, 0) is 37.3 Å². The summed E-state index contributed by atoms with van der Waals surface area (Å²) in [4.78, 5) is 23.8. The van der Waals surface area contributed by atoms with Crippen LogP contribution in [0.15, 0.2) is 30.9 Å². The molecule has 1 saturated carbocycles. The van der Waals surface area contributed by atoms with Gasteiger partial charge in [-0.1, -0.05) is 25.8 Å². The number of aliphatic hydroxyl groups is 2. The molecule has 34 heavy (non-hydrogen) atoms. The Kier molecular flexibility index (Phi) is 5.45. The molecule has 2 fully saturated rings. The molecular weight excluding hydrogens is 430 g/mol. The molecule has 4 heterocycles. The fourth-order valence-electron chi connectivity index (χ4n) is 5.67. The first-order chi connectivity index (χ1) is 16.6. The van der Waals surface area contributed by atoms with Crippen LogP contribution < -0.4 is 4.90 Å². The average Bonchev–Trinajstić information content (AvgIpc) is 3.50. The van der Waals surface area contributed by atoms with Crippen molar-refractivity contribution in [1.82, 2.24) is 29.5 Å². The first-order valence-electron chi connectivity index (χ1n) is 12.3. The van der Waals surface area contributed by atoms with Crippen molar-refractivity contribution in [2.45, 2.75) is 51.2 Å². The van der Waals surface area contributed by atoms with Crippen molar-refractivity contribution in [2.75, 3.05) is 24.6 Å². The second-order valence-electron chi connectivity index (χ2n) is 10.00. The van der Waals surface area contributed by atoms with E-state index in [1.54, 1.807) is 6.33 Å². The number of anilines is 1. The molecule has 3 aromatic heterocycles. The normalized spacial score (nSPS) is 25.9. The van der Waals surface area contributed by atoms with E-state index in [0.717, 1.165) is 33.7 Å². The van der Waals surface area contributed by atoms with Gasteiger partial charge in [-0.3, -0.25) is 0 Å². The summed E-state index contributed by atoms with van der Waals surface area (Å²) in [5, 5.41) is 19.9. The number of nitrogens with zero attached hydrogens (tertiary/aromatic N) is 6. The first-order valence-corrected chi connectivity index (χ1v) is 12.3. The highest BCUT2D eigenvalue weighted by Gasteiger charge is 2.29. The number of aromatic nitrogens is 6. The molecule has 4 aromatic rings. The molecule has 178 valence electrons. The predicted molar refractivity (Wildman–Crippen MR) is 130 cm³/mol. The fourth-order valence-corrected chi connectivity index (χ4v) is 5.67. The minimum Gasteiger partial charge on any atom is -0.396 e. The number of imidazole rings is 2. The lowest BCUT2D eigenvalue weighted by Gasteiger charge is -2.35. The maximum Gasteiger partial charge on any atom is 0.228 e. The Morgan fingerprint density at radius 1 is 1.15 bits per heavy atom. The van der Waals surface area contributed by atoms with E-state index in [4.69, 9.17) is 9.97 Å². The van der Waals surface area contributed by atoms with Gasteiger partial charge in [0.25, 0.3) is 0 Å². The van der Waals surface area contributed by atoms with Gasteiger partial charge in [-0.25, -0.2) is 15.0 Å². The van der Waals surface area contributed by atoms with Crippen LogP contribution in [0.2, 0.25) is 0 Å². The number of β-amino-alcohol motifs (C(OH)–C–C–N with tert-alkyl or cyclic N) is 1. The third-order valence-electron chi connectivity index (χ3n) is 7.66. The topological polar surface area (TPSA) is 116 Å². The summed E-state index contributed by atoms with van der Waals surface area (Å²) in [6, 6.07) is 6.86. The molecular formula is C25H31N7O2. The quantitative estimate of drug-likeness (QED) is 0.427. The van der Waals surface area contributed by atoms with E-state index in [9.17, 15) is 10.2 Å². The summed E-state index contributed by atoms with van der Waals surface area (Å²) in [5.41, 5.74) is 5.24. The first kappa shape index (κ1) is 21.5. The lowest BCUT2D eigenvalue weighted by Crippen LogP contribution is -2.45. The van der Waals surface area contributed by atoms with Crippen LogP contribution in [0.3, 0.4) is 0 Å². The Labute approximate surface area is 197 Å². The molecule has 0 spiro atoms. The Morgan fingerprint density at radius 2 is 2.06 bits per heavy atom. The molecule has 2 aliphatic rings. The van der Waals surface area contributed by atoms with Crippen LogP contribution in [0.25, 0.3) is 33.5 Å². The van der Waals surface area contributed by atoms with Crippen LogP contribution in [0, 0.1) is 11.8 Å². The zero-order valence-electron chi connectivity index (χ0n) is 19.4. The predicted octanol–water partition coefficient (Wildman–Crippen LogP) is 3.30. The summed E-state index contributed by atoms with van der Waals surface area (Å²) in [6.45, 7) is 3.41. The zero-order chi connectivity index (χ0) is 23.2. The van der Waals surface area contributed by atoms with Gasteiger partial charge in [0.05, 0.1) is 29.8 Å². The Balaban J connectivity index is 1.37. The van der Waals surface area contributed by atoms with E-state index in [1.807, 2.05) is 11.2 Å². The molecule has 3 N–H and O–H groups in total. The van der Waals surface area contributed by atoms with E-state index in [0.29, 0.717) is 37.1 Å². The van der Waals surface area contributed by atoms with E-state index in [2.05, 4.69) is 44.6 Å². The van der Waals surface area contributed by atoms with Crippen molar-refractivity contribution in [3.05, 3.63) is 30.9 Å². The molecule has 0 radical (unpaired) electrons. The van der Waals surface area contributed by atoms with Crippen LogP contribution in [0.4, 0.5) is 5.95 Å². The molecule has 1 aliphatic heterocycles. The van der Waals surface area contributed by atoms with Gasteiger partial charge in [-0.15, -0.1) is 0 Å². The summed E-state index contributed by atoms with van der Waals surface area (Å²) < 4.78 is 2.35. The van der Waals surface area contributed by atoms with Gasteiger partial charge in [0, 0.05) is 37.2 Å². The standard InChI is InChI=1S/C25H31N7O2/c1-15-3-2-4-18(9-15)32-14-28-19-10-16(5-6-20(19)32)22-23-24(27-13-26-23)30-25(29-22)31-8-7-17(12-33)21(34)11-31/h5-6,10,13-15,17-18,21,33-34H,2-4,7-9,11-12H2,1H3,(H,26,27,29,30)/t15-,17+,18-,21-/m0/s1. The number of aromatic amines is 1. The maximum absolute atomic E-state index is 10.4. The van der Waals surface area contributed by atoms with Gasteiger partial charge in [-0.2, -0.15) is 4.98 Å². The molecule has 9 nitrogen and oxygen atoms in total. The molecule has 0 bridgehead atoms. The third kappa shape index (κ3) is 3.73. The number of hydrogen-bond acceptors (Lipinski definition) is 7. The van der Waals surface area contributed by atoms with E-state index in [1.165, 1.54) is 25.7 Å². The summed E-state index contributed by atoms with van der Waals surface area (Å²) in [5.74, 6) is 1.20. The van der Waals surface area contributed by atoms with Crippen LogP contribution in [0.5, 0.6) is 0 Å². The number of H-pyrrole nitrogens is 1. The van der Waals surface area contributed by atoms with Crippen molar-refractivity contribution >= 4 is 28.1 Å². The molecule has 0 amide bonds. The molecule has 1 saturated heterocycles. The Bertz CT molecular complexity index is 1320. The lowest BCUT2D eigenvalue weighted by atomic mass is 9.87. The molecule has 9 heteroatoms. The number of nitrogens with one attached hydrogen (secondary N) is 1. The van der Waals surface area contributed by atoms with E-state index in [-0.39, 0.29) is 12.5 Å². The fraction of sp³-hybridized carbons (Fsp3) is 0.520. The van der Waals surface area contributed by atoms with Crippen molar-refractivity contribution in [3.63, 3.8) is 0 Å². The average molecular weight is 462 g/mol. The molecule has 6 rings (SSSR count). The smallest absolute Gasteiger partial charge is 0.228 e. The van der Waals surface area contributed by atoms with Crippen molar-refractivity contribution in [3.8, 4) is 11.3 Å². The molecule has 1 aromatic carbocycles. The van der Waals surface area contributed by atoms with E-state index >= 15 is 0 Å². The van der Waals surface area contributed by atoms with Crippen molar-refractivity contribution in [2.24, 2.45) is 11.8 Å². The summed E-state index contributed by atoms with van der Waals surface area (Å²) >= 11 is 0. The van der Waals surface area contributed by atoms with E-state index < -0.39 is 6.10 Å². The van der Waals surface area contributed by atoms with Crippen LogP contribution in [-0.4, -0.2) is 65.5 Å². The molecule has 4 atom stereocenters. The Hall–Kier alpha value is -3.04. The number of fused-ring (bicyclic) bond motifs is 2. The van der Waals surface area contributed by atoms with Crippen LogP contribution in [0.1, 0.15) is 45.1 Å².